The average Bonchev–Trinajstić information content (AvgIpc) is 2.98. The second kappa shape index (κ2) is 5.54. The molecule has 3 rings (SSSR count). The topological polar surface area (TPSA) is 80.0 Å². The molecule has 0 radical (unpaired) electrons. The van der Waals surface area contributed by atoms with Crippen LogP contribution in [0.25, 0.3) is 0 Å². The van der Waals surface area contributed by atoms with E-state index in [2.05, 4.69) is 25.2 Å². The molecule has 106 valence electrons. The van der Waals surface area contributed by atoms with Crippen molar-refractivity contribution in [3.8, 4) is 0 Å². The number of hydrogen-bond acceptors (Lipinski definition) is 6. The third-order valence-corrected chi connectivity index (χ3v) is 3.67. The number of anilines is 1. The quantitative estimate of drug-likeness (QED) is 0.898. The summed E-state index contributed by atoms with van der Waals surface area (Å²) >= 11 is 0. The third kappa shape index (κ3) is 2.62. The van der Waals surface area contributed by atoms with E-state index in [1.807, 2.05) is 10.9 Å². The lowest BCUT2D eigenvalue weighted by Crippen LogP contribution is -2.35. The van der Waals surface area contributed by atoms with E-state index in [4.69, 9.17) is 0 Å². The molecule has 1 fully saturated rings. The van der Waals surface area contributed by atoms with Crippen molar-refractivity contribution in [3.63, 3.8) is 0 Å². The molecule has 0 unspecified atom stereocenters. The van der Waals surface area contributed by atoms with Crippen molar-refractivity contribution in [2.45, 2.75) is 31.9 Å². The number of piperidine rings is 1. The Kier molecular flexibility index (Phi) is 3.60. The summed E-state index contributed by atoms with van der Waals surface area (Å²) < 4.78 is 1.87. The molecule has 3 heterocycles. The highest BCUT2D eigenvalue weighted by Gasteiger charge is 2.22. The van der Waals surface area contributed by atoms with Gasteiger partial charge in [0.2, 0.25) is 0 Å². The van der Waals surface area contributed by atoms with E-state index in [9.17, 15) is 5.11 Å². The molecule has 0 aromatic carbocycles. The van der Waals surface area contributed by atoms with E-state index < -0.39 is 6.10 Å². The van der Waals surface area contributed by atoms with Crippen molar-refractivity contribution in [1.82, 2.24) is 25.0 Å². The Morgan fingerprint density at radius 1 is 1.30 bits per heavy atom. The van der Waals surface area contributed by atoms with Gasteiger partial charge in [0.05, 0.1) is 24.5 Å². The van der Waals surface area contributed by atoms with Gasteiger partial charge in [-0.05, 0) is 19.8 Å². The highest BCUT2D eigenvalue weighted by atomic mass is 16.3. The monoisotopic (exact) mass is 274 g/mol. The van der Waals surface area contributed by atoms with Gasteiger partial charge in [0.1, 0.15) is 11.5 Å². The summed E-state index contributed by atoms with van der Waals surface area (Å²) in [5.41, 5.74) is 0.626. The summed E-state index contributed by atoms with van der Waals surface area (Å²) in [7, 11) is 0. The molecule has 0 amide bonds. The molecule has 1 atom stereocenters. The fraction of sp³-hybridized carbons (Fsp3) is 0.538. The maximum absolute atomic E-state index is 9.49. The van der Waals surface area contributed by atoms with E-state index >= 15 is 0 Å². The maximum Gasteiger partial charge on any atom is 0.147 e. The number of rotatable bonds is 3. The Bertz CT molecular complexity index is 547. The lowest BCUT2D eigenvalue weighted by atomic mass is 10.1. The van der Waals surface area contributed by atoms with Crippen LogP contribution in [0.5, 0.6) is 0 Å². The van der Waals surface area contributed by atoms with Gasteiger partial charge in [-0.3, -0.25) is 4.98 Å². The van der Waals surface area contributed by atoms with Gasteiger partial charge in [0.25, 0.3) is 0 Å². The molecule has 1 aliphatic rings. The summed E-state index contributed by atoms with van der Waals surface area (Å²) in [5, 5.41) is 17.6. The summed E-state index contributed by atoms with van der Waals surface area (Å²) in [6, 6.07) is 0.336. The van der Waals surface area contributed by atoms with Crippen LogP contribution in [0.1, 0.15) is 37.6 Å². The lowest BCUT2D eigenvalue weighted by Gasteiger charge is -2.32. The SMILES string of the molecule is C[C@H](O)c1cn(C2CCN(c3cnccn3)CC2)nn1. The van der Waals surface area contributed by atoms with Gasteiger partial charge in [0, 0.05) is 25.5 Å². The first-order valence-electron chi connectivity index (χ1n) is 6.85. The van der Waals surface area contributed by atoms with Gasteiger partial charge in [0.15, 0.2) is 0 Å². The van der Waals surface area contributed by atoms with Crippen LogP contribution >= 0.6 is 0 Å². The molecule has 0 saturated carbocycles. The number of hydrogen-bond donors (Lipinski definition) is 1. The molecule has 7 nitrogen and oxygen atoms in total. The first-order chi connectivity index (χ1) is 9.74. The average molecular weight is 274 g/mol. The van der Waals surface area contributed by atoms with Crippen molar-refractivity contribution >= 4 is 5.82 Å². The molecule has 20 heavy (non-hydrogen) atoms. The zero-order valence-corrected chi connectivity index (χ0v) is 11.4. The van der Waals surface area contributed by atoms with Crippen molar-refractivity contribution in [1.29, 1.82) is 0 Å². The zero-order valence-electron chi connectivity index (χ0n) is 11.4. The maximum atomic E-state index is 9.49. The van der Waals surface area contributed by atoms with E-state index in [0.29, 0.717) is 11.7 Å². The Labute approximate surface area is 117 Å². The van der Waals surface area contributed by atoms with Crippen LogP contribution in [0.15, 0.2) is 24.8 Å². The van der Waals surface area contributed by atoms with Crippen LogP contribution in [0, 0.1) is 0 Å². The molecule has 0 bridgehead atoms. The molecule has 0 spiro atoms. The Hall–Kier alpha value is -2.02. The van der Waals surface area contributed by atoms with Crippen LogP contribution in [-0.4, -0.2) is 43.2 Å². The zero-order chi connectivity index (χ0) is 13.9. The summed E-state index contributed by atoms with van der Waals surface area (Å²) in [4.78, 5) is 10.7. The highest BCUT2D eigenvalue weighted by Crippen LogP contribution is 2.24. The first-order valence-corrected chi connectivity index (χ1v) is 6.85. The molecule has 1 saturated heterocycles. The van der Waals surface area contributed by atoms with E-state index in [-0.39, 0.29) is 0 Å². The second-order valence-corrected chi connectivity index (χ2v) is 5.08. The van der Waals surface area contributed by atoms with Crippen LogP contribution in [0.4, 0.5) is 5.82 Å². The highest BCUT2D eigenvalue weighted by molar-refractivity contribution is 5.35. The van der Waals surface area contributed by atoms with Gasteiger partial charge in [-0.15, -0.1) is 5.10 Å². The minimum atomic E-state index is -0.566. The predicted octanol–water partition coefficient (Wildman–Crippen LogP) is 0.963. The lowest BCUT2D eigenvalue weighted by molar-refractivity contribution is 0.194. The molecular formula is C13H18N6O. The van der Waals surface area contributed by atoms with Gasteiger partial charge in [-0.2, -0.15) is 0 Å². The first kappa shape index (κ1) is 13.0. The van der Waals surface area contributed by atoms with Crippen LogP contribution in [0.2, 0.25) is 0 Å². The van der Waals surface area contributed by atoms with Crippen molar-refractivity contribution < 1.29 is 5.11 Å². The third-order valence-electron chi connectivity index (χ3n) is 3.67. The van der Waals surface area contributed by atoms with E-state index in [1.54, 1.807) is 25.5 Å². The molecule has 1 N–H and O–H groups in total. The molecule has 2 aromatic rings. The molecular weight excluding hydrogens is 256 g/mol. The van der Waals surface area contributed by atoms with Crippen molar-refractivity contribution in [2.75, 3.05) is 18.0 Å². The van der Waals surface area contributed by atoms with Crippen LogP contribution < -0.4 is 4.90 Å². The number of aromatic nitrogens is 5. The number of nitrogens with zero attached hydrogens (tertiary/aromatic N) is 6. The molecule has 7 heteroatoms. The Morgan fingerprint density at radius 2 is 2.10 bits per heavy atom. The van der Waals surface area contributed by atoms with Crippen molar-refractivity contribution in [3.05, 3.63) is 30.5 Å². The van der Waals surface area contributed by atoms with Crippen LogP contribution in [-0.2, 0) is 0 Å². The van der Waals surface area contributed by atoms with E-state index in [0.717, 1.165) is 31.7 Å². The van der Waals surface area contributed by atoms with E-state index in [1.165, 1.54) is 0 Å². The largest absolute Gasteiger partial charge is 0.387 e. The second-order valence-electron chi connectivity index (χ2n) is 5.08. The van der Waals surface area contributed by atoms with Gasteiger partial charge < -0.3 is 10.0 Å². The van der Waals surface area contributed by atoms with Gasteiger partial charge >= 0.3 is 0 Å². The Morgan fingerprint density at radius 3 is 2.70 bits per heavy atom. The van der Waals surface area contributed by atoms with Gasteiger partial charge in [-0.25, -0.2) is 9.67 Å². The predicted molar refractivity (Wildman–Crippen MR) is 73.2 cm³/mol. The van der Waals surface area contributed by atoms with Gasteiger partial charge in [-0.1, -0.05) is 5.21 Å². The summed E-state index contributed by atoms with van der Waals surface area (Å²) in [6.07, 6.45) is 8.44. The summed E-state index contributed by atoms with van der Waals surface area (Å²) in [6.45, 7) is 3.55. The minimum Gasteiger partial charge on any atom is -0.387 e. The smallest absolute Gasteiger partial charge is 0.147 e. The fourth-order valence-electron chi connectivity index (χ4n) is 2.47. The Balaban J connectivity index is 1.63. The minimum absolute atomic E-state index is 0.336. The number of aliphatic hydroxyl groups excluding tert-OH is 1. The molecule has 1 aliphatic heterocycles. The number of aliphatic hydroxyl groups is 1. The summed E-state index contributed by atoms with van der Waals surface area (Å²) in [5.74, 6) is 0.925. The fourth-order valence-corrected chi connectivity index (χ4v) is 2.47. The van der Waals surface area contributed by atoms with Crippen molar-refractivity contribution in [2.24, 2.45) is 0 Å². The standard InChI is InChI=1S/C13H18N6O/c1-10(20)12-9-19(17-16-12)11-2-6-18(7-3-11)13-8-14-4-5-15-13/h4-5,8-11,20H,2-3,6-7H2,1H3/t10-/m0/s1. The molecule has 2 aromatic heterocycles. The molecule has 0 aliphatic carbocycles. The normalized spacial score (nSPS) is 18.2. The van der Waals surface area contributed by atoms with Crippen LogP contribution in [0.3, 0.4) is 0 Å².